The maximum atomic E-state index is 12.8. The Morgan fingerprint density at radius 1 is 0.972 bits per heavy atom. The van der Waals surface area contributed by atoms with E-state index < -0.39 is 12.0 Å². The molecule has 1 atom stereocenters. The van der Waals surface area contributed by atoms with E-state index in [0.717, 1.165) is 22.6 Å². The monoisotopic (exact) mass is 498 g/mol. The van der Waals surface area contributed by atoms with E-state index in [4.69, 9.17) is 14.6 Å². The Morgan fingerprint density at radius 2 is 1.64 bits per heavy atom. The Bertz CT molecular complexity index is 1370. The van der Waals surface area contributed by atoms with E-state index in [1.54, 1.807) is 16.4 Å². The van der Waals surface area contributed by atoms with Crippen molar-refractivity contribution in [3.63, 3.8) is 0 Å². The van der Waals surface area contributed by atoms with Gasteiger partial charge in [0, 0.05) is 11.4 Å². The fourth-order valence-electron chi connectivity index (χ4n) is 4.08. The molecule has 2 heterocycles. The van der Waals surface area contributed by atoms with Crippen LogP contribution in [-0.4, -0.2) is 27.8 Å². The lowest BCUT2D eigenvalue weighted by Crippen LogP contribution is -2.29. The average Bonchev–Trinajstić information content (AvgIpc) is 3.33. The van der Waals surface area contributed by atoms with Crippen molar-refractivity contribution in [2.75, 3.05) is 12.4 Å². The summed E-state index contributed by atoms with van der Waals surface area (Å²) in [6, 6.07) is 27.4. The Labute approximate surface area is 214 Å². The molecular weight excluding hydrogens is 472 g/mol. The second kappa shape index (κ2) is 10.7. The summed E-state index contributed by atoms with van der Waals surface area (Å²) in [6.07, 6.45) is 0. The van der Waals surface area contributed by atoms with Gasteiger partial charge >= 0.3 is 5.97 Å². The predicted octanol–water partition coefficient (Wildman–Crippen LogP) is 5.61. The zero-order chi connectivity index (χ0) is 24.9. The van der Waals surface area contributed by atoms with Crippen molar-refractivity contribution < 1.29 is 14.3 Å². The second-order valence-corrected chi connectivity index (χ2v) is 9.28. The topological polar surface area (TPSA) is 78.3 Å². The summed E-state index contributed by atoms with van der Waals surface area (Å²) in [7, 11) is 1.39. The van der Waals surface area contributed by atoms with Gasteiger partial charge in [-0.3, -0.25) is 0 Å². The zero-order valence-electron chi connectivity index (χ0n) is 20.0. The number of hydrogen-bond donors (Lipinski definition) is 1. The van der Waals surface area contributed by atoms with Crippen LogP contribution >= 0.6 is 11.8 Å². The molecule has 0 aliphatic carbocycles. The molecule has 4 aromatic rings. The molecule has 0 saturated carbocycles. The first-order valence-electron chi connectivity index (χ1n) is 11.6. The number of nitrogens with one attached hydrogen (secondary N) is 1. The molecule has 5 rings (SSSR count). The average molecular weight is 499 g/mol. The summed E-state index contributed by atoms with van der Waals surface area (Å²) < 4.78 is 12.8. The van der Waals surface area contributed by atoms with Gasteiger partial charge in [-0.25, -0.2) is 9.48 Å². The highest BCUT2D eigenvalue weighted by atomic mass is 32.2. The highest BCUT2D eigenvalue weighted by molar-refractivity contribution is 7.98. The van der Waals surface area contributed by atoms with Crippen molar-refractivity contribution >= 4 is 23.7 Å². The molecule has 8 heteroatoms. The molecular formula is C28H26N4O3S. The molecule has 7 nitrogen and oxygen atoms in total. The zero-order valence-corrected chi connectivity index (χ0v) is 20.9. The molecule has 1 unspecified atom stereocenters. The number of esters is 1. The van der Waals surface area contributed by atoms with Crippen LogP contribution in [0.5, 0.6) is 5.75 Å². The van der Waals surface area contributed by atoms with E-state index in [1.807, 2.05) is 79.7 Å². The number of hydrogen-bond acceptors (Lipinski definition) is 7. The van der Waals surface area contributed by atoms with Crippen LogP contribution in [0.4, 0.5) is 5.95 Å². The van der Waals surface area contributed by atoms with E-state index in [2.05, 4.69) is 22.4 Å². The minimum Gasteiger partial charge on any atom is -0.489 e. The number of carbonyl (C=O) groups excluding carboxylic acids is 1. The van der Waals surface area contributed by atoms with Crippen LogP contribution < -0.4 is 10.1 Å². The lowest BCUT2D eigenvalue weighted by molar-refractivity contribution is -0.136. The number of aromatic nitrogens is 3. The fraction of sp³-hybridized carbons (Fsp3) is 0.179. The summed E-state index contributed by atoms with van der Waals surface area (Å²) in [5.41, 5.74) is 4.35. The molecule has 182 valence electrons. The third kappa shape index (κ3) is 5.13. The van der Waals surface area contributed by atoms with Crippen molar-refractivity contribution in [3.05, 3.63) is 113 Å². The van der Waals surface area contributed by atoms with Gasteiger partial charge in [0.15, 0.2) is 0 Å². The molecule has 1 aliphatic rings. The molecule has 1 aliphatic heterocycles. The molecule has 0 spiro atoms. The number of ether oxygens (including phenoxy) is 2. The van der Waals surface area contributed by atoms with E-state index in [-0.39, 0.29) is 0 Å². The van der Waals surface area contributed by atoms with Crippen molar-refractivity contribution in [1.82, 2.24) is 14.8 Å². The SMILES string of the molecule is COC(=O)C1=C(C)Nc2nc(SCc3ccccc3)nn2C1c1ccc(OCc2ccccc2)cc1. The molecule has 0 radical (unpaired) electrons. The quantitative estimate of drug-likeness (QED) is 0.250. The smallest absolute Gasteiger partial charge is 0.338 e. The standard InChI is InChI=1S/C28H26N4O3S/c1-19-24(26(33)34-2)25(22-13-15-23(16-14-22)35-17-20-9-5-3-6-10-20)32-27(29-19)30-28(31-32)36-18-21-11-7-4-8-12-21/h3-16,25H,17-18H2,1-2H3,(H,29,30,31). The Balaban J connectivity index is 1.41. The normalized spacial score (nSPS) is 14.7. The Hall–Kier alpha value is -4.04. The summed E-state index contributed by atoms with van der Waals surface area (Å²) >= 11 is 1.55. The molecule has 3 aromatic carbocycles. The Kier molecular flexibility index (Phi) is 7.04. The number of methoxy groups -OCH3 is 1. The van der Waals surface area contributed by atoms with Crippen molar-refractivity contribution in [3.8, 4) is 5.75 Å². The maximum absolute atomic E-state index is 12.8. The number of thioether (sulfide) groups is 1. The summed E-state index contributed by atoms with van der Waals surface area (Å²) in [5, 5.41) is 8.61. The number of nitrogens with zero attached hydrogens (tertiary/aromatic N) is 3. The minimum absolute atomic E-state index is 0.408. The number of benzene rings is 3. The van der Waals surface area contributed by atoms with Gasteiger partial charge in [-0.15, -0.1) is 5.10 Å². The van der Waals surface area contributed by atoms with Gasteiger partial charge in [0.2, 0.25) is 11.1 Å². The molecule has 1 aromatic heterocycles. The molecule has 1 N–H and O–H groups in total. The highest BCUT2D eigenvalue weighted by Crippen LogP contribution is 2.37. The largest absolute Gasteiger partial charge is 0.489 e. The molecule has 0 bridgehead atoms. The van der Waals surface area contributed by atoms with Gasteiger partial charge in [0.1, 0.15) is 18.4 Å². The Morgan fingerprint density at radius 3 is 2.31 bits per heavy atom. The van der Waals surface area contributed by atoms with Crippen LogP contribution in [0.3, 0.4) is 0 Å². The summed E-state index contributed by atoms with van der Waals surface area (Å²) in [4.78, 5) is 17.5. The van der Waals surface area contributed by atoms with Crippen LogP contribution in [0, 0.1) is 0 Å². The first-order valence-corrected chi connectivity index (χ1v) is 12.6. The van der Waals surface area contributed by atoms with E-state index >= 15 is 0 Å². The van der Waals surface area contributed by atoms with E-state index in [0.29, 0.717) is 29.0 Å². The number of allylic oxidation sites excluding steroid dienone is 1. The molecule has 0 fully saturated rings. The van der Waals surface area contributed by atoms with Gasteiger partial charge in [-0.2, -0.15) is 4.98 Å². The van der Waals surface area contributed by atoms with E-state index in [9.17, 15) is 4.79 Å². The van der Waals surface area contributed by atoms with Crippen LogP contribution in [-0.2, 0) is 21.9 Å². The molecule has 0 amide bonds. The van der Waals surface area contributed by atoms with Gasteiger partial charge < -0.3 is 14.8 Å². The lowest BCUT2D eigenvalue weighted by atomic mass is 9.96. The van der Waals surface area contributed by atoms with Gasteiger partial charge in [-0.1, -0.05) is 84.6 Å². The number of rotatable bonds is 8. The van der Waals surface area contributed by atoms with Crippen LogP contribution in [0.25, 0.3) is 0 Å². The minimum atomic E-state index is -0.476. The van der Waals surface area contributed by atoms with Crippen molar-refractivity contribution in [2.45, 2.75) is 30.5 Å². The third-order valence-electron chi connectivity index (χ3n) is 5.89. The van der Waals surface area contributed by atoms with Crippen LogP contribution in [0.1, 0.15) is 29.7 Å². The van der Waals surface area contributed by atoms with Gasteiger partial charge in [-0.05, 0) is 35.7 Å². The number of fused-ring (bicyclic) bond motifs is 1. The first kappa shape index (κ1) is 23.7. The maximum Gasteiger partial charge on any atom is 0.338 e. The second-order valence-electron chi connectivity index (χ2n) is 8.34. The summed E-state index contributed by atoms with van der Waals surface area (Å²) in [5.74, 6) is 1.67. The van der Waals surface area contributed by atoms with Crippen molar-refractivity contribution in [1.29, 1.82) is 0 Å². The van der Waals surface area contributed by atoms with Gasteiger partial charge in [0.05, 0.1) is 12.7 Å². The van der Waals surface area contributed by atoms with Crippen LogP contribution in [0.15, 0.2) is 101 Å². The van der Waals surface area contributed by atoms with Gasteiger partial charge in [0.25, 0.3) is 0 Å². The van der Waals surface area contributed by atoms with E-state index in [1.165, 1.54) is 12.7 Å². The summed E-state index contributed by atoms with van der Waals surface area (Å²) in [6.45, 7) is 2.33. The predicted molar refractivity (Wildman–Crippen MR) is 140 cm³/mol. The third-order valence-corrected chi connectivity index (χ3v) is 6.80. The highest BCUT2D eigenvalue weighted by Gasteiger charge is 2.35. The number of anilines is 1. The van der Waals surface area contributed by atoms with Crippen LogP contribution in [0.2, 0.25) is 0 Å². The van der Waals surface area contributed by atoms with Crippen molar-refractivity contribution in [2.24, 2.45) is 0 Å². The first-order chi connectivity index (χ1) is 17.6. The fourth-order valence-corrected chi connectivity index (χ4v) is 4.87. The lowest BCUT2D eigenvalue weighted by Gasteiger charge is -2.27. The molecule has 36 heavy (non-hydrogen) atoms. The molecule has 0 saturated heterocycles. The number of carbonyl (C=O) groups is 1.